The minimum Gasteiger partial charge on any atom is -0.397 e. The first kappa shape index (κ1) is 12.9. The molecule has 2 aliphatic heterocycles. The van der Waals surface area contributed by atoms with Crippen LogP contribution in [0.2, 0.25) is 0 Å². The van der Waals surface area contributed by atoms with E-state index in [1.807, 2.05) is 0 Å². The third-order valence-electron chi connectivity index (χ3n) is 1.78. The lowest BCUT2D eigenvalue weighted by atomic mass is 10.5. The molecule has 1 N–H and O–H groups in total. The molecule has 2 fully saturated rings. The van der Waals surface area contributed by atoms with Crippen molar-refractivity contribution in [3.8, 4) is 0 Å². The lowest BCUT2D eigenvalue weighted by Gasteiger charge is -2.02. The zero-order valence-electron chi connectivity index (χ0n) is 9.18. The topological polar surface area (TPSA) is 63.8 Å². The summed E-state index contributed by atoms with van der Waals surface area (Å²) < 4.78 is 20.5. The van der Waals surface area contributed by atoms with E-state index in [1.54, 1.807) is 6.92 Å². The van der Waals surface area contributed by atoms with Gasteiger partial charge in [0, 0.05) is 6.61 Å². The normalized spacial score (nSPS) is 26.8. The summed E-state index contributed by atoms with van der Waals surface area (Å²) in [7, 11) is 0. The van der Waals surface area contributed by atoms with Crippen LogP contribution in [0.25, 0.3) is 0 Å². The van der Waals surface area contributed by atoms with Crippen molar-refractivity contribution in [2.75, 3.05) is 46.2 Å². The minimum atomic E-state index is 0.250. The highest BCUT2D eigenvalue weighted by Crippen LogP contribution is 2.09. The maximum atomic E-state index is 7.57. The van der Waals surface area contributed by atoms with Gasteiger partial charge in [-0.15, -0.1) is 0 Å². The van der Waals surface area contributed by atoms with E-state index < -0.39 is 0 Å². The average molecular weight is 220 g/mol. The summed E-state index contributed by atoms with van der Waals surface area (Å²) >= 11 is 0. The van der Waals surface area contributed by atoms with E-state index in [4.69, 9.17) is 24.1 Å². The molecule has 90 valence electrons. The molecule has 2 heterocycles. The van der Waals surface area contributed by atoms with E-state index in [0.29, 0.717) is 38.6 Å². The minimum absolute atomic E-state index is 0.250. The summed E-state index contributed by atoms with van der Waals surface area (Å²) in [6.07, 6.45) is 0.716. The van der Waals surface area contributed by atoms with Gasteiger partial charge in [0.05, 0.1) is 39.6 Å². The predicted molar refractivity (Wildman–Crippen MR) is 53.9 cm³/mol. The van der Waals surface area contributed by atoms with E-state index in [2.05, 4.69) is 0 Å². The molecule has 2 unspecified atom stereocenters. The molecule has 5 heteroatoms. The lowest BCUT2D eigenvalue weighted by Crippen LogP contribution is -2.10. The van der Waals surface area contributed by atoms with Gasteiger partial charge in [0.15, 0.2) is 0 Å². The first-order valence-corrected chi connectivity index (χ1v) is 5.36. The fourth-order valence-electron chi connectivity index (χ4n) is 0.876. The second kappa shape index (κ2) is 8.01. The highest BCUT2D eigenvalue weighted by atomic mass is 16.6. The molecule has 0 aromatic carbocycles. The molecular formula is C10H20O5. The molecular weight excluding hydrogens is 200 g/mol. The van der Waals surface area contributed by atoms with Crippen LogP contribution < -0.4 is 0 Å². The summed E-state index contributed by atoms with van der Waals surface area (Å²) in [6.45, 7) is 6.39. The van der Waals surface area contributed by atoms with Crippen LogP contribution >= 0.6 is 0 Å². The lowest BCUT2D eigenvalue weighted by molar-refractivity contribution is 0.0366. The summed E-state index contributed by atoms with van der Waals surface area (Å²) in [6, 6.07) is 0. The smallest absolute Gasteiger partial charge is 0.104 e. The molecule has 15 heavy (non-hydrogen) atoms. The molecule has 0 aromatic heterocycles. The molecule has 2 atom stereocenters. The number of aliphatic hydroxyl groups is 1. The van der Waals surface area contributed by atoms with Gasteiger partial charge in [0.1, 0.15) is 12.2 Å². The Balaban J connectivity index is 0.000000337. The third-order valence-corrected chi connectivity index (χ3v) is 1.78. The second-order valence-electron chi connectivity index (χ2n) is 3.38. The molecule has 0 aromatic rings. The summed E-state index contributed by atoms with van der Waals surface area (Å²) in [5.41, 5.74) is 0. The zero-order chi connectivity index (χ0) is 10.9. The number of epoxide rings is 2. The quantitative estimate of drug-likeness (QED) is 0.476. The van der Waals surface area contributed by atoms with Crippen molar-refractivity contribution < 1.29 is 24.1 Å². The molecule has 0 saturated carbocycles. The molecule has 0 bridgehead atoms. The molecule has 2 aliphatic rings. The highest BCUT2D eigenvalue weighted by molar-refractivity contribution is 4.68. The van der Waals surface area contributed by atoms with Crippen molar-refractivity contribution in [2.45, 2.75) is 19.1 Å². The fourth-order valence-corrected chi connectivity index (χ4v) is 0.876. The van der Waals surface area contributed by atoms with E-state index in [1.165, 1.54) is 0 Å². The number of rotatable bonds is 7. The first-order valence-electron chi connectivity index (χ1n) is 5.36. The van der Waals surface area contributed by atoms with Gasteiger partial charge in [0.2, 0.25) is 0 Å². The monoisotopic (exact) mass is 220 g/mol. The third kappa shape index (κ3) is 8.77. The standard InChI is InChI=1S/C8H14O4.C2H6O/c1(9-3-7-5-11-7)2-10-4-8-6-12-8;1-2-3/h7-8H,1-6H2;3H,2H2,1H3. The van der Waals surface area contributed by atoms with Crippen LogP contribution in [-0.4, -0.2) is 63.6 Å². The van der Waals surface area contributed by atoms with E-state index in [-0.39, 0.29) is 6.61 Å². The molecule has 0 radical (unpaired) electrons. The number of ether oxygens (including phenoxy) is 4. The van der Waals surface area contributed by atoms with Gasteiger partial charge in [-0.3, -0.25) is 0 Å². The largest absolute Gasteiger partial charge is 0.397 e. The number of hydrogen-bond acceptors (Lipinski definition) is 5. The first-order chi connectivity index (χ1) is 7.36. The van der Waals surface area contributed by atoms with Gasteiger partial charge in [-0.05, 0) is 6.92 Å². The second-order valence-corrected chi connectivity index (χ2v) is 3.38. The van der Waals surface area contributed by atoms with Crippen LogP contribution in [0.1, 0.15) is 6.92 Å². The Labute approximate surface area is 90.3 Å². The van der Waals surface area contributed by atoms with Crippen LogP contribution in [0.15, 0.2) is 0 Å². The summed E-state index contributed by atoms with van der Waals surface area (Å²) in [5.74, 6) is 0. The SMILES string of the molecule is C(COCC1CO1)OCC1CO1.CCO. The van der Waals surface area contributed by atoms with E-state index in [0.717, 1.165) is 13.2 Å². The zero-order valence-corrected chi connectivity index (χ0v) is 9.18. The van der Waals surface area contributed by atoms with Crippen LogP contribution in [-0.2, 0) is 18.9 Å². The van der Waals surface area contributed by atoms with Crippen molar-refractivity contribution in [1.29, 1.82) is 0 Å². The van der Waals surface area contributed by atoms with E-state index >= 15 is 0 Å². The van der Waals surface area contributed by atoms with Crippen molar-refractivity contribution in [3.63, 3.8) is 0 Å². The van der Waals surface area contributed by atoms with Crippen molar-refractivity contribution in [1.82, 2.24) is 0 Å². The van der Waals surface area contributed by atoms with Crippen molar-refractivity contribution in [3.05, 3.63) is 0 Å². The Hall–Kier alpha value is -0.200. The highest BCUT2D eigenvalue weighted by Gasteiger charge is 2.23. The van der Waals surface area contributed by atoms with Gasteiger partial charge < -0.3 is 24.1 Å². The Morgan fingerprint density at radius 3 is 1.67 bits per heavy atom. The Morgan fingerprint density at radius 2 is 1.40 bits per heavy atom. The molecule has 0 spiro atoms. The molecule has 5 nitrogen and oxygen atoms in total. The molecule has 2 saturated heterocycles. The maximum Gasteiger partial charge on any atom is 0.104 e. The molecule has 2 rings (SSSR count). The van der Waals surface area contributed by atoms with Crippen molar-refractivity contribution >= 4 is 0 Å². The number of hydrogen-bond donors (Lipinski definition) is 1. The Kier molecular flexibility index (Phi) is 6.87. The van der Waals surface area contributed by atoms with Crippen LogP contribution in [0.5, 0.6) is 0 Å². The number of aliphatic hydroxyl groups excluding tert-OH is 1. The Morgan fingerprint density at radius 1 is 1.07 bits per heavy atom. The van der Waals surface area contributed by atoms with Crippen LogP contribution in [0, 0.1) is 0 Å². The van der Waals surface area contributed by atoms with E-state index in [9.17, 15) is 0 Å². The maximum absolute atomic E-state index is 7.57. The molecule has 0 aliphatic carbocycles. The Bertz CT molecular complexity index is 129. The summed E-state index contributed by atoms with van der Waals surface area (Å²) in [5, 5.41) is 7.57. The van der Waals surface area contributed by atoms with Gasteiger partial charge in [-0.2, -0.15) is 0 Å². The van der Waals surface area contributed by atoms with Gasteiger partial charge in [-0.1, -0.05) is 0 Å². The predicted octanol–water partition coefficient (Wildman–Crippen LogP) is -0.184. The van der Waals surface area contributed by atoms with Crippen molar-refractivity contribution in [2.24, 2.45) is 0 Å². The van der Waals surface area contributed by atoms with Crippen LogP contribution in [0.3, 0.4) is 0 Å². The van der Waals surface area contributed by atoms with Crippen LogP contribution in [0.4, 0.5) is 0 Å². The van der Waals surface area contributed by atoms with Gasteiger partial charge in [0.25, 0.3) is 0 Å². The molecule has 0 amide bonds. The average Bonchev–Trinajstić information content (AvgIpc) is 3.05. The van der Waals surface area contributed by atoms with Gasteiger partial charge in [-0.25, -0.2) is 0 Å². The van der Waals surface area contributed by atoms with Gasteiger partial charge >= 0.3 is 0 Å². The fraction of sp³-hybridized carbons (Fsp3) is 1.00. The summed E-state index contributed by atoms with van der Waals surface area (Å²) in [4.78, 5) is 0.